The Labute approximate surface area is 206 Å². The highest BCUT2D eigenvalue weighted by Crippen LogP contribution is 2.26. The zero-order valence-corrected chi connectivity index (χ0v) is 21.4. The largest absolute Gasteiger partial charge is 0.375 e. The molecule has 0 aliphatic rings. The highest BCUT2D eigenvalue weighted by atomic mass is 32.2. The highest BCUT2D eigenvalue weighted by molar-refractivity contribution is 7.92. The number of sulfone groups is 1. The molecule has 0 radical (unpaired) electrons. The fraction of sp³-hybridized carbons (Fsp3) is 0.385. The molecule has 3 rings (SSSR count). The van der Waals surface area contributed by atoms with Crippen molar-refractivity contribution in [3.05, 3.63) is 65.1 Å². The van der Waals surface area contributed by atoms with E-state index in [2.05, 4.69) is 43.1 Å². The van der Waals surface area contributed by atoms with Crippen molar-refractivity contribution < 1.29 is 18.4 Å². The van der Waals surface area contributed by atoms with Gasteiger partial charge in [-0.25, -0.2) is 13.9 Å². The summed E-state index contributed by atoms with van der Waals surface area (Å²) in [7, 11) is -1.76. The van der Waals surface area contributed by atoms with Gasteiger partial charge in [-0.3, -0.25) is 14.8 Å². The Balaban J connectivity index is 1.85. The molecule has 0 aliphatic heterocycles. The van der Waals surface area contributed by atoms with E-state index < -0.39 is 20.5 Å². The van der Waals surface area contributed by atoms with Crippen LogP contribution in [0.5, 0.6) is 0 Å². The second-order valence-corrected chi connectivity index (χ2v) is 11.6. The third-order valence-electron chi connectivity index (χ3n) is 6.70. The highest BCUT2D eigenvalue weighted by Gasteiger charge is 2.43. The average molecular weight is 500 g/mol. The van der Waals surface area contributed by atoms with Crippen molar-refractivity contribution >= 4 is 32.2 Å². The second kappa shape index (κ2) is 10.6. The zero-order valence-electron chi connectivity index (χ0n) is 20.6. The van der Waals surface area contributed by atoms with E-state index in [1.807, 2.05) is 12.1 Å². The summed E-state index contributed by atoms with van der Waals surface area (Å²) in [6.45, 7) is 4.42. The molecule has 3 aromatic rings. The Morgan fingerprint density at radius 2 is 1.77 bits per heavy atom. The lowest BCUT2D eigenvalue weighted by molar-refractivity contribution is -0.131. The van der Waals surface area contributed by atoms with Gasteiger partial charge in [-0.15, -0.1) is 0 Å². The number of rotatable bonds is 10. The number of hydroxylamine groups is 1. The molecular weight excluding hydrogens is 466 g/mol. The number of unbranched alkanes of at least 4 members (excludes halogenated alkanes) is 1. The molecule has 188 valence electrons. The standard InChI is InChI=1S/C26H33N3O5S/c1-5-6-15-28(3)22-10-7-19(8-11-22)20-9-12-23-21(18-20)13-16-29(24(23)30)17-14-26(2,25(31)27-32)35(4,33)34/h7-13,16,18,32H,5-6,14-15,17H2,1-4H3,(H,27,31)/t26-/m1/s1. The average Bonchev–Trinajstić information content (AvgIpc) is 2.85. The summed E-state index contributed by atoms with van der Waals surface area (Å²) in [5.41, 5.74) is 4.34. The van der Waals surface area contributed by atoms with Crippen molar-refractivity contribution in [2.75, 3.05) is 24.7 Å². The number of pyridine rings is 1. The quantitative estimate of drug-likeness (QED) is 0.326. The van der Waals surface area contributed by atoms with Crippen LogP contribution in [0.3, 0.4) is 0 Å². The molecule has 0 bridgehead atoms. The molecule has 0 aliphatic carbocycles. The van der Waals surface area contributed by atoms with Gasteiger partial charge in [0.25, 0.3) is 11.5 Å². The molecule has 1 heterocycles. The van der Waals surface area contributed by atoms with E-state index in [0.29, 0.717) is 5.39 Å². The van der Waals surface area contributed by atoms with E-state index >= 15 is 0 Å². The SMILES string of the molecule is CCCCN(C)c1ccc(-c2ccc3c(=O)n(CC[C@](C)(C(=O)NO)S(C)(=O)=O)ccc3c2)cc1. The van der Waals surface area contributed by atoms with Crippen LogP contribution in [0.1, 0.15) is 33.1 Å². The number of benzene rings is 2. The molecule has 0 saturated carbocycles. The molecule has 2 aromatic carbocycles. The summed E-state index contributed by atoms with van der Waals surface area (Å²) in [5, 5.41) is 10.3. The molecule has 0 unspecified atom stereocenters. The molecule has 1 atom stereocenters. The van der Waals surface area contributed by atoms with Crippen LogP contribution in [0.4, 0.5) is 5.69 Å². The predicted molar refractivity (Wildman–Crippen MR) is 140 cm³/mol. The first-order chi connectivity index (χ1) is 16.5. The number of anilines is 1. The lowest BCUT2D eigenvalue weighted by Gasteiger charge is -2.25. The monoisotopic (exact) mass is 499 g/mol. The maximum absolute atomic E-state index is 13.0. The number of nitrogens with one attached hydrogen (secondary N) is 1. The van der Waals surface area contributed by atoms with Crippen LogP contribution in [0.25, 0.3) is 21.9 Å². The smallest absolute Gasteiger partial charge is 0.264 e. The minimum Gasteiger partial charge on any atom is -0.375 e. The molecule has 8 nitrogen and oxygen atoms in total. The predicted octanol–water partition coefficient (Wildman–Crippen LogP) is 3.60. The Kier molecular flexibility index (Phi) is 8.02. The normalized spacial score (nSPS) is 13.4. The molecule has 9 heteroatoms. The number of hydrogen-bond donors (Lipinski definition) is 2. The lowest BCUT2D eigenvalue weighted by atomic mass is 10.0. The van der Waals surface area contributed by atoms with Crippen LogP contribution in [-0.2, 0) is 21.2 Å². The zero-order chi connectivity index (χ0) is 25.8. The van der Waals surface area contributed by atoms with Crippen LogP contribution in [-0.4, -0.2) is 48.7 Å². The summed E-state index contributed by atoms with van der Waals surface area (Å²) < 4.78 is 23.9. The van der Waals surface area contributed by atoms with Crippen molar-refractivity contribution in [2.45, 2.75) is 44.4 Å². The first kappa shape index (κ1) is 26.4. The molecule has 0 spiro atoms. The van der Waals surface area contributed by atoms with Gasteiger partial charge in [0.1, 0.15) is 0 Å². The Bertz CT molecular complexity index is 1370. The van der Waals surface area contributed by atoms with Crippen molar-refractivity contribution in [3.8, 4) is 11.1 Å². The minimum absolute atomic E-state index is 0.000522. The van der Waals surface area contributed by atoms with Gasteiger partial charge >= 0.3 is 0 Å². The van der Waals surface area contributed by atoms with Crippen molar-refractivity contribution in [2.24, 2.45) is 0 Å². The number of fused-ring (bicyclic) bond motifs is 1. The molecule has 1 aromatic heterocycles. The van der Waals surface area contributed by atoms with E-state index in [-0.39, 0.29) is 18.5 Å². The maximum atomic E-state index is 13.0. The van der Waals surface area contributed by atoms with E-state index in [1.165, 1.54) is 17.0 Å². The Morgan fingerprint density at radius 1 is 1.11 bits per heavy atom. The molecule has 0 saturated heterocycles. The number of amides is 1. The van der Waals surface area contributed by atoms with Crippen LogP contribution in [0.15, 0.2) is 59.5 Å². The number of nitrogens with zero attached hydrogens (tertiary/aromatic N) is 2. The van der Waals surface area contributed by atoms with Crippen molar-refractivity contribution in [1.29, 1.82) is 0 Å². The van der Waals surface area contributed by atoms with Crippen LogP contribution < -0.4 is 15.9 Å². The van der Waals surface area contributed by atoms with Gasteiger partial charge < -0.3 is 9.47 Å². The third-order valence-corrected chi connectivity index (χ3v) is 8.72. The topological polar surface area (TPSA) is 109 Å². The Morgan fingerprint density at radius 3 is 2.37 bits per heavy atom. The lowest BCUT2D eigenvalue weighted by Crippen LogP contribution is -2.49. The number of aromatic nitrogens is 1. The number of carbonyl (C=O) groups is 1. The van der Waals surface area contributed by atoms with Gasteiger partial charge in [0, 0.05) is 43.7 Å². The van der Waals surface area contributed by atoms with Crippen LogP contribution in [0, 0.1) is 0 Å². The molecular formula is C26H33N3O5S. The number of carbonyl (C=O) groups excluding carboxylic acids is 1. The molecule has 35 heavy (non-hydrogen) atoms. The molecule has 2 N–H and O–H groups in total. The summed E-state index contributed by atoms with van der Waals surface area (Å²) >= 11 is 0. The van der Waals surface area contributed by atoms with Crippen molar-refractivity contribution in [3.63, 3.8) is 0 Å². The molecule has 0 fully saturated rings. The van der Waals surface area contributed by atoms with E-state index in [1.54, 1.807) is 18.3 Å². The van der Waals surface area contributed by atoms with Crippen molar-refractivity contribution in [1.82, 2.24) is 10.0 Å². The maximum Gasteiger partial charge on any atom is 0.264 e. The van der Waals surface area contributed by atoms with Crippen LogP contribution >= 0.6 is 0 Å². The summed E-state index contributed by atoms with van der Waals surface area (Å²) in [4.78, 5) is 27.3. The number of aryl methyl sites for hydroxylation is 1. The summed E-state index contributed by atoms with van der Waals surface area (Å²) in [5.74, 6) is -1.03. The van der Waals surface area contributed by atoms with Gasteiger partial charge in [0.2, 0.25) is 0 Å². The Hall–Kier alpha value is -3.17. The van der Waals surface area contributed by atoms with Gasteiger partial charge in [0.15, 0.2) is 14.6 Å². The van der Waals surface area contributed by atoms with Gasteiger partial charge in [-0.1, -0.05) is 31.5 Å². The van der Waals surface area contributed by atoms with Gasteiger partial charge in [0.05, 0.1) is 0 Å². The molecule has 1 amide bonds. The van der Waals surface area contributed by atoms with Gasteiger partial charge in [-0.2, -0.15) is 0 Å². The van der Waals surface area contributed by atoms with E-state index in [9.17, 15) is 18.0 Å². The second-order valence-electron chi connectivity index (χ2n) is 9.13. The van der Waals surface area contributed by atoms with Gasteiger partial charge in [-0.05, 0) is 66.6 Å². The van der Waals surface area contributed by atoms with E-state index in [4.69, 9.17) is 5.21 Å². The number of hydrogen-bond acceptors (Lipinski definition) is 6. The van der Waals surface area contributed by atoms with E-state index in [0.717, 1.165) is 47.8 Å². The first-order valence-corrected chi connectivity index (χ1v) is 13.5. The van der Waals surface area contributed by atoms with Crippen LogP contribution in [0.2, 0.25) is 0 Å². The minimum atomic E-state index is -3.84. The fourth-order valence-corrected chi connectivity index (χ4v) is 4.84. The fourth-order valence-electron chi connectivity index (χ4n) is 4.00. The summed E-state index contributed by atoms with van der Waals surface area (Å²) in [6.07, 6.45) is 4.65. The first-order valence-electron chi connectivity index (χ1n) is 11.6. The summed E-state index contributed by atoms with van der Waals surface area (Å²) in [6, 6.07) is 15.7. The third kappa shape index (κ3) is 5.57.